The van der Waals surface area contributed by atoms with Gasteiger partial charge in [-0.3, -0.25) is 4.79 Å². The van der Waals surface area contributed by atoms with Crippen LogP contribution in [0.25, 0.3) is 0 Å². The highest BCUT2D eigenvalue weighted by molar-refractivity contribution is 6.29. The predicted octanol–water partition coefficient (Wildman–Crippen LogP) is 2.51. The summed E-state index contributed by atoms with van der Waals surface area (Å²) in [6.45, 7) is 4.06. The summed E-state index contributed by atoms with van der Waals surface area (Å²) < 4.78 is 0. The number of carbonyl (C=O) groups is 1. The minimum atomic E-state index is 0.122. The van der Waals surface area contributed by atoms with Gasteiger partial charge in [0.1, 0.15) is 16.8 Å². The van der Waals surface area contributed by atoms with E-state index < -0.39 is 0 Å². The second-order valence-electron chi connectivity index (χ2n) is 5.04. The van der Waals surface area contributed by atoms with Crippen molar-refractivity contribution in [1.29, 1.82) is 0 Å². The largest absolute Gasteiger partial charge is 0.361 e. The average molecular weight is 297 g/mol. The lowest BCUT2D eigenvalue weighted by Crippen LogP contribution is -2.39. The Morgan fingerprint density at radius 1 is 1.35 bits per heavy atom. The number of halogens is 1. The molecular weight excluding hydrogens is 276 g/mol. The highest BCUT2D eigenvalue weighted by atomic mass is 35.5. The molecule has 1 aromatic rings. The fraction of sp³-hybridized carbons (Fsp3) is 0.643. The maximum atomic E-state index is 12.1. The summed E-state index contributed by atoms with van der Waals surface area (Å²) in [5, 5.41) is 3.47. The number of amides is 1. The first kappa shape index (κ1) is 15.0. The minimum absolute atomic E-state index is 0.122. The number of rotatable bonds is 5. The average Bonchev–Trinajstić information content (AvgIpc) is 2.45. The number of nitrogens with one attached hydrogen (secondary N) is 1. The molecular formula is C14H21ClN4O. The molecule has 1 amide bonds. The molecule has 2 rings (SSSR count). The van der Waals surface area contributed by atoms with Gasteiger partial charge in [-0.1, -0.05) is 18.5 Å². The molecule has 0 unspecified atom stereocenters. The predicted molar refractivity (Wildman–Crippen MR) is 80.0 cm³/mol. The lowest BCUT2D eigenvalue weighted by Gasteiger charge is -2.26. The molecule has 0 aromatic carbocycles. The van der Waals surface area contributed by atoms with E-state index in [9.17, 15) is 4.79 Å². The second-order valence-corrected chi connectivity index (χ2v) is 5.42. The van der Waals surface area contributed by atoms with Gasteiger partial charge in [0.2, 0.25) is 5.91 Å². The topological polar surface area (TPSA) is 58.1 Å². The van der Waals surface area contributed by atoms with Gasteiger partial charge in [0, 0.05) is 25.6 Å². The number of aryl methyl sites for hydroxylation is 1. The quantitative estimate of drug-likeness (QED) is 0.848. The van der Waals surface area contributed by atoms with Gasteiger partial charge in [0.25, 0.3) is 0 Å². The summed E-state index contributed by atoms with van der Waals surface area (Å²) in [6, 6.07) is 1.66. The van der Waals surface area contributed by atoms with Gasteiger partial charge < -0.3 is 10.2 Å². The Labute approximate surface area is 124 Å². The molecule has 1 N–H and O–H groups in total. The molecule has 0 atom stereocenters. The second kappa shape index (κ2) is 7.43. The molecule has 0 radical (unpaired) electrons. The number of likely N-dealkylation sites (tertiary alicyclic amines) is 1. The summed E-state index contributed by atoms with van der Waals surface area (Å²) in [7, 11) is 0. The van der Waals surface area contributed by atoms with Crippen LogP contribution in [0.4, 0.5) is 5.82 Å². The van der Waals surface area contributed by atoms with Crippen LogP contribution in [0.1, 0.15) is 38.4 Å². The van der Waals surface area contributed by atoms with Crippen molar-refractivity contribution < 1.29 is 4.79 Å². The Morgan fingerprint density at radius 3 is 2.80 bits per heavy atom. The molecule has 2 heterocycles. The smallest absolute Gasteiger partial charge is 0.241 e. The highest BCUT2D eigenvalue weighted by Crippen LogP contribution is 2.13. The van der Waals surface area contributed by atoms with Crippen LogP contribution in [0.5, 0.6) is 0 Å². The summed E-state index contributed by atoms with van der Waals surface area (Å²) in [5.41, 5.74) is 0. The first-order valence-electron chi connectivity index (χ1n) is 7.24. The van der Waals surface area contributed by atoms with E-state index >= 15 is 0 Å². The first-order valence-corrected chi connectivity index (χ1v) is 7.62. The van der Waals surface area contributed by atoms with Gasteiger partial charge in [0.15, 0.2) is 0 Å². The van der Waals surface area contributed by atoms with E-state index in [1.165, 1.54) is 6.42 Å². The lowest BCUT2D eigenvalue weighted by atomic mass is 10.1. The summed E-state index contributed by atoms with van der Waals surface area (Å²) in [6.07, 6.45) is 5.18. The van der Waals surface area contributed by atoms with E-state index in [1.807, 2.05) is 4.90 Å². The summed E-state index contributed by atoms with van der Waals surface area (Å²) in [5.74, 6) is 1.46. The normalized spacial score (nSPS) is 15.2. The molecule has 110 valence electrons. The van der Waals surface area contributed by atoms with Crippen molar-refractivity contribution in [2.45, 2.75) is 39.0 Å². The van der Waals surface area contributed by atoms with E-state index in [0.29, 0.717) is 16.8 Å². The molecule has 1 aliphatic heterocycles. The number of nitrogens with zero attached hydrogens (tertiary/aromatic N) is 3. The van der Waals surface area contributed by atoms with Crippen LogP contribution in [0.3, 0.4) is 0 Å². The minimum Gasteiger partial charge on any atom is -0.361 e. The molecule has 0 aliphatic carbocycles. The SMILES string of the molecule is CCCc1nc(Cl)cc(NCC(=O)N2CCCCC2)n1. The third kappa shape index (κ3) is 4.34. The maximum absolute atomic E-state index is 12.1. The van der Waals surface area contributed by atoms with Crippen molar-refractivity contribution in [3.63, 3.8) is 0 Å². The number of anilines is 1. The summed E-state index contributed by atoms with van der Waals surface area (Å²) in [4.78, 5) is 22.5. The number of hydrogen-bond donors (Lipinski definition) is 1. The van der Waals surface area contributed by atoms with E-state index in [-0.39, 0.29) is 12.5 Å². The number of hydrogen-bond acceptors (Lipinski definition) is 4. The zero-order valence-corrected chi connectivity index (χ0v) is 12.6. The molecule has 6 heteroatoms. The van der Waals surface area contributed by atoms with E-state index in [1.54, 1.807) is 6.07 Å². The lowest BCUT2D eigenvalue weighted by molar-refractivity contribution is -0.130. The number of piperidine rings is 1. The molecule has 0 spiro atoms. The summed E-state index contributed by atoms with van der Waals surface area (Å²) >= 11 is 5.96. The maximum Gasteiger partial charge on any atom is 0.241 e. The van der Waals surface area contributed by atoms with E-state index in [2.05, 4.69) is 22.2 Å². The van der Waals surface area contributed by atoms with Gasteiger partial charge in [-0.2, -0.15) is 0 Å². The van der Waals surface area contributed by atoms with Gasteiger partial charge >= 0.3 is 0 Å². The van der Waals surface area contributed by atoms with Crippen molar-refractivity contribution in [2.75, 3.05) is 25.0 Å². The van der Waals surface area contributed by atoms with Crippen LogP contribution in [0.2, 0.25) is 5.15 Å². The fourth-order valence-electron chi connectivity index (χ4n) is 2.31. The highest BCUT2D eigenvalue weighted by Gasteiger charge is 2.16. The zero-order valence-electron chi connectivity index (χ0n) is 11.9. The molecule has 1 fully saturated rings. The van der Waals surface area contributed by atoms with Crippen LogP contribution in [0, 0.1) is 0 Å². The van der Waals surface area contributed by atoms with Gasteiger partial charge in [-0.15, -0.1) is 0 Å². The van der Waals surface area contributed by atoms with Crippen LogP contribution in [-0.4, -0.2) is 40.4 Å². The molecule has 1 saturated heterocycles. The van der Waals surface area contributed by atoms with E-state index in [4.69, 9.17) is 11.6 Å². The Bertz CT molecular complexity index is 460. The van der Waals surface area contributed by atoms with Crippen LogP contribution >= 0.6 is 11.6 Å². The van der Waals surface area contributed by atoms with Crippen molar-refractivity contribution in [3.05, 3.63) is 17.0 Å². The molecule has 0 saturated carbocycles. The Hall–Kier alpha value is -1.36. The molecule has 20 heavy (non-hydrogen) atoms. The molecule has 5 nitrogen and oxygen atoms in total. The van der Waals surface area contributed by atoms with Crippen molar-refractivity contribution in [1.82, 2.24) is 14.9 Å². The van der Waals surface area contributed by atoms with Crippen molar-refractivity contribution >= 4 is 23.3 Å². The van der Waals surface area contributed by atoms with Gasteiger partial charge in [-0.25, -0.2) is 9.97 Å². The fourth-order valence-corrected chi connectivity index (χ4v) is 2.51. The van der Waals surface area contributed by atoms with Gasteiger partial charge in [-0.05, 0) is 25.7 Å². The van der Waals surface area contributed by atoms with Crippen LogP contribution in [-0.2, 0) is 11.2 Å². The molecule has 1 aliphatic rings. The Kier molecular flexibility index (Phi) is 5.59. The monoisotopic (exact) mass is 296 g/mol. The Morgan fingerprint density at radius 2 is 2.10 bits per heavy atom. The van der Waals surface area contributed by atoms with Crippen molar-refractivity contribution in [2.24, 2.45) is 0 Å². The third-order valence-corrected chi connectivity index (χ3v) is 3.54. The number of carbonyl (C=O) groups excluding carboxylic acids is 1. The van der Waals surface area contributed by atoms with Crippen LogP contribution < -0.4 is 5.32 Å². The zero-order chi connectivity index (χ0) is 14.4. The standard InChI is InChI=1S/C14H21ClN4O/c1-2-6-12-17-11(15)9-13(18-12)16-10-14(20)19-7-4-3-5-8-19/h9H,2-8,10H2,1H3,(H,16,17,18). The molecule has 1 aromatic heterocycles. The molecule has 0 bridgehead atoms. The first-order chi connectivity index (χ1) is 9.69. The Balaban J connectivity index is 1.90. The van der Waals surface area contributed by atoms with Gasteiger partial charge in [0.05, 0.1) is 6.54 Å². The van der Waals surface area contributed by atoms with Crippen molar-refractivity contribution in [3.8, 4) is 0 Å². The van der Waals surface area contributed by atoms with E-state index in [0.717, 1.165) is 38.8 Å². The number of aromatic nitrogens is 2. The third-order valence-electron chi connectivity index (χ3n) is 3.34. The van der Waals surface area contributed by atoms with Crippen LogP contribution in [0.15, 0.2) is 6.07 Å².